The molecule has 2 aromatic rings. The average Bonchev–Trinajstić information content (AvgIpc) is 3.32. The maximum atomic E-state index is 12.7. The third-order valence-electron chi connectivity index (χ3n) is 4.44. The number of carbonyl (C=O) groups is 2. The second-order valence-electron chi connectivity index (χ2n) is 6.04. The van der Waals surface area contributed by atoms with Crippen molar-refractivity contribution < 1.29 is 19.1 Å². The molecule has 0 N–H and O–H groups in total. The molecule has 1 saturated heterocycles. The molecule has 4 rings (SSSR count). The van der Waals surface area contributed by atoms with Gasteiger partial charge >= 0.3 is 0 Å². The molecule has 1 aromatic heterocycles. The van der Waals surface area contributed by atoms with E-state index in [1.807, 2.05) is 22.4 Å². The molecule has 0 aliphatic carbocycles. The van der Waals surface area contributed by atoms with Crippen LogP contribution in [0.5, 0.6) is 11.5 Å². The minimum absolute atomic E-state index is 0.0115. The zero-order valence-corrected chi connectivity index (χ0v) is 14.5. The Morgan fingerprint density at radius 3 is 2.60 bits per heavy atom. The second kappa shape index (κ2) is 6.85. The average molecular weight is 358 g/mol. The van der Waals surface area contributed by atoms with Gasteiger partial charge in [0, 0.05) is 31.7 Å². The fourth-order valence-electron chi connectivity index (χ4n) is 3.04. The first-order valence-electron chi connectivity index (χ1n) is 8.19. The molecule has 2 aliphatic rings. The summed E-state index contributed by atoms with van der Waals surface area (Å²) in [7, 11) is 0. The molecule has 1 aromatic carbocycles. The summed E-state index contributed by atoms with van der Waals surface area (Å²) in [6.07, 6.45) is 0. The number of amides is 1. The largest absolute Gasteiger partial charge is 0.454 e. The van der Waals surface area contributed by atoms with Gasteiger partial charge in [-0.2, -0.15) is 0 Å². The van der Waals surface area contributed by atoms with Gasteiger partial charge in [-0.3, -0.25) is 14.5 Å². The van der Waals surface area contributed by atoms with Gasteiger partial charge in [0.05, 0.1) is 11.4 Å². The van der Waals surface area contributed by atoms with E-state index in [9.17, 15) is 9.59 Å². The predicted octanol–water partition coefficient (Wildman–Crippen LogP) is 2.12. The molecule has 0 atom stereocenters. The summed E-state index contributed by atoms with van der Waals surface area (Å²) in [6, 6.07) is 9.01. The van der Waals surface area contributed by atoms with Crippen molar-refractivity contribution in [2.75, 3.05) is 39.5 Å². The topological polar surface area (TPSA) is 59.1 Å². The smallest absolute Gasteiger partial charge is 0.254 e. The summed E-state index contributed by atoms with van der Waals surface area (Å²) in [4.78, 5) is 29.6. The molecule has 1 fully saturated rings. The van der Waals surface area contributed by atoms with Gasteiger partial charge in [-0.05, 0) is 29.6 Å². The number of piperazine rings is 1. The number of nitrogens with zero attached hydrogens (tertiary/aromatic N) is 2. The summed E-state index contributed by atoms with van der Waals surface area (Å²) in [6.45, 7) is 3.24. The number of hydrogen-bond acceptors (Lipinski definition) is 6. The van der Waals surface area contributed by atoms with E-state index in [0.717, 1.165) is 4.88 Å². The lowest BCUT2D eigenvalue weighted by Crippen LogP contribution is -2.49. The van der Waals surface area contributed by atoms with Gasteiger partial charge in [-0.25, -0.2) is 0 Å². The molecule has 0 radical (unpaired) electrons. The summed E-state index contributed by atoms with van der Waals surface area (Å²) in [5, 5.41) is 1.91. The minimum Gasteiger partial charge on any atom is -0.454 e. The van der Waals surface area contributed by atoms with Crippen LogP contribution in [0.4, 0.5) is 0 Å². The summed E-state index contributed by atoms with van der Waals surface area (Å²) >= 11 is 1.47. The van der Waals surface area contributed by atoms with E-state index in [-0.39, 0.29) is 18.5 Å². The Morgan fingerprint density at radius 1 is 1.04 bits per heavy atom. The van der Waals surface area contributed by atoms with Crippen molar-refractivity contribution in [3.63, 3.8) is 0 Å². The summed E-state index contributed by atoms with van der Waals surface area (Å²) in [5.41, 5.74) is 0.604. The van der Waals surface area contributed by atoms with Gasteiger partial charge < -0.3 is 14.4 Å². The number of carbonyl (C=O) groups excluding carboxylic acids is 2. The van der Waals surface area contributed by atoms with Crippen molar-refractivity contribution in [3.05, 3.63) is 46.2 Å². The van der Waals surface area contributed by atoms with E-state index in [1.165, 1.54) is 11.3 Å². The number of Topliss-reactive ketones (excluding diaryl/α,β-unsaturated/α-hetero) is 1. The number of fused-ring (bicyclic) bond motifs is 1. The van der Waals surface area contributed by atoms with Crippen LogP contribution in [0.1, 0.15) is 20.0 Å². The van der Waals surface area contributed by atoms with Gasteiger partial charge in [0.1, 0.15) is 0 Å². The highest BCUT2D eigenvalue weighted by molar-refractivity contribution is 7.12. The van der Waals surface area contributed by atoms with Gasteiger partial charge in [-0.15, -0.1) is 11.3 Å². The monoisotopic (exact) mass is 358 g/mol. The normalized spacial score (nSPS) is 16.9. The first-order valence-corrected chi connectivity index (χ1v) is 9.07. The highest BCUT2D eigenvalue weighted by Gasteiger charge is 2.25. The lowest BCUT2D eigenvalue weighted by molar-refractivity contribution is 0.0624. The minimum atomic E-state index is -0.0115. The van der Waals surface area contributed by atoms with Crippen LogP contribution in [-0.2, 0) is 0 Å². The third kappa shape index (κ3) is 3.38. The summed E-state index contributed by atoms with van der Waals surface area (Å²) in [5.74, 6) is 1.42. The Kier molecular flexibility index (Phi) is 4.42. The fraction of sp³-hybridized carbons (Fsp3) is 0.333. The van der Waals surface area contributed by atoms with Crippen molar-refractivity contribution in [2.24, 2.45) is 0 Å². The number of thiophene rings is 1. The van der Waals surface area contributed by atoms with Gasteiger partial charge in [0.25, 0.3) is 5.91 Å². The molecule has 1 amide bonds. The molecule has 6 nitrogen and oxygen atoms in total. The SMILES string of the molecule is O=C(CN1CCN(C(=O)c2ccc3c(c2)OCO3)CC1)c1cccs1. The third-order valence-corrected chi connectivity index (χ3v) is 5.35. The van der Waals surface area contributed by atoms with E-state index in [4.69, 9.17) is 9.47 Å². The van der Waals surface area contributed by atoms with Crippen molar-refractivity contribution in [1.29, 1.82) is 0 Å². The van der Waals surface area contributed by atoms with Gasteiger partial charge in [0.15, 0.2) is 17.3 Å². The Bertz CT molecular complexity index is 782. The Morgan fingerprint density at radius 2 is 1.84 bits per heavy atom. The van der Waals surface area contributed by atoms with Crippen LogP contribution in [0.3, 0.4) is 0 Å². The van der Waals surface area contributed by atoms with Crippen LogP contribution < -0.4 is 9.47 Å². The van der Waals surface area contributed by atoms with Crippen LogP contribution in [0.25, 0.3) is 0 Å². The van der Waals surface area contributed by atoms with Crippen LogP contribution in [0.15, 0.2) is 35.7 Å². The van der Waals surface area contributed by atoms with Crippen molar-refractivity contribution in [1.82, 2.24) is 9.80 Å². The molecule has 0 bridgehead atoms. The molecule has 3 heterocycles. The zero-order chi connectivity index (χ0) is 17.2. The van der Waals surface area contributed by atoms with E-state index < -0.39 is 0 Å². The van der Waals surface area contributed by atoms with Crippen LogP contribution >= 0.6 is 11.3 Å². The van der Waals surface area contributed by atoms with Crippen molar-refractivity contribution >= 4 is 23.0 Å². The lowest BCUT2D eigenvalue weighted by atomic mass is 10.1. The summed E-state index contributed by atoms with van der Waals surface area (Å²) < 4.78 is 10.6. The predicted molar refractivity (Wildman–Crippen MR) is 93.6 cm³/mol. The Labute approximate surface area is 149 Å². The first-order chi connectivity index (χ1) is 12.2. The fourth-order valence-corrected chi connectivity index (χ4v) is 3.70. The first kappa shape index (κ1) is 16.1. The van der Waals surface area contributed by atoms with E-state index in [1.54, 1.807) is 18.2 Å². The maximum absolute atomic E-state index is 12.7. The number of rotatable bonds is 4. The van der Waals surface area contributed by atoms with Crippen molar-refractivity contribution in [2.45, 2.75) is 0 Å². The van der Waals surface area contributed by atoms with E-state index in [2.05, 4.69) is 4.90 Å². The number of ether oxygens (including phenoxy) is 2. The standard InChI is InChI=1S/C18H18N2O4S/c21-14(17-2-1-9-25-17)11-19-5-7-20(8-6-19)18(22)13-3-4-15-16(10-13)24-12-23-15/h1-4,9-10H,5-8,11-12H2. The zero-order valence-electron chi connectivity index (χ0n) is 13.6. The second-order valence-corrected chi connectivity index (χ2v) is 6.98. The molecule has 7 heteroatoms. The molecule has 2 aliphatic heterocycles. The highest BCUT2D eigenvalue weighted by atomic mass is 32.1. The quantitative estimate of drug-likeness (QED) is 0.784. The highest BCUT2D eigenvalue weighted by Crippen LogP contribution is 2.32. The van der Waals surface area contributed by atoms with Crippen LogP contribution in [0.2, 0.25) is 0 Å². The van der Waals surface area contributed by atoms with Gasteiger partial charge in [-0.1, -0.05) is 6.07 Å². The molecule has 130 valence electrons. The van der Waals surface area contributed by atoms with Gasteiger partial charge in [0.2, 0.25) is 6.79 Å². The molecule has 0 spiro atoms. The maximum Gasteiger partial charge on any atom is 0.254 e. The molecular formula is C18H18N2O4S. The van der Waals surface area contributed by atoms with Crippen LogP contribution in [-0.4, -0.2) is 61.0 Å². The Balaban J connectivity index is 1.34. The van der Waals surface area contributed by atoms with E-state index in [0.29, 0.717) is 49.8 Å². The van der Waals surface area contributed by atoms with Crippen molar-refractivity contribution in [3.8, 4) is 11.5 Å². The molecular weight excluding hydrogens is 340 g/mol. The number of ketones is 1. The molecule has 0 saturated carbocycles. The molecule has 0 unspecified atom stereocenters. The Hall–Kier alpha value is -2.38. The van der Waals surface area contributed by atoms with E-state index >= 15 is 0 Å². The molecule has 25 heavy (non-hydrogen) atoms. The lowest BCUT2D eigenvalue weighted by Gasteiger charge is -2.34. The number of benzene rings is 1. The van der Waals surface area contributed by atoms with Crippen LogP contribution in [0, 0.1) is 0 Å². The number of hydrogen-bond donors (Lipinski definition) is 0.